The minimum absolute atomic E-state index is 0.213. The van der Waals surface area contributed by atoms with Gasteiger partial charge in [0.15, 0.2) is 0 Å². The second kappa shape index (κ2) is 6.53. The zero-order valence-electron chi connectivity index (χ0n) is 11.7. The van der Waals surface area contributed by atoms with Gasteiger partial charge in [-0.05, 0) is 37.8 Å². The highest BCUT2D eigenvalue weighted by Gasteiger charge is 2.27. The van der Waals surface area contributed by atoms with Crippen molar-refractivity contribution < 1.29 is 9.21 Å². The minimum Gasteiger partial charge on any atom is -0.468 e. The molecule has 0 radical (unpaired) electrons. The van der Waals surface area contributed by atoms with Crippen molar-refractivity contribution in [2.75, 3.05) is 18.8 Å². The van der Waals surface area contributed by atoms with Crippen LogP contribution in [0.2, 0.25) is 0 Å². The van der Waals surface area contributed by atoms with E-state index in [0.717, 1.165) is 50.3 Å². The summed E-state index contributed by atoms with van der Waals surface area (Å²) in [4.78, 5) is 14.6. The number of furan rings is 1. The molecule has 0 saturated carbocycles. The third kappa shape index (κ3) is 3.11. The average Bonchev–Trinajstić information content (AvgIpc) is 2.92. The molecule has 1 aromatic rings. The number of hydrogen-bond acceptors (Lipinski definition) is 3. The maximum Gasteiger partial charge on any atom is 0.226 e. The van der Waals surface area contributed by atoms with Gasteiger partial charge in [-0.1, -0.05) is 12.2 Å². The van der Waals surface area contributed by atoms with Gasteiger partial charge in [-0.25, -0.2) is 0 Å². The van der Waals surface area contributed by atoms with Gasteiger partial charge in [-0.15, -0.1) is 11.8 Å². The van der Waals surface area contributed by atoms with Gasteiger partial charge in [0.25, 0.3) is 0 Å². The lowest BCUT2D eigenvalue weighted by atomic mass is 9.93. The lowest BCUT2D eigenvalue weighted by molar-refractivity contribution is -0.135. The Morgan fingerprint density at radius 2 is 2.25 bits per heavy atom. The lowest BCUT2D eigenvalue weighted by Gasteiger charge is -2.26. The van der Waals surface area contributed by atoms with E-state index in [1.54, 1.807) is 6.26 Å². The van der Waals surface area contributed by atoms with E-state index in [2.05, 4.69) is 17.1 Å². The first kappa shape index (κ1) is 13.8. The molecule has 3 nitrogen and oxygen atoms in total. The summed E-state index contributed by atoms with van der Waals surface area (Å²) in [7, 11) is 0. The first-order chi connectivity index (χ1) is 9.84. The van der Waals surface area contributed by atoms with Crippen LogP contribution in [-0.2, 0) is 4.79 Å². The molecule has 3 rings (SSSR count). The van der Waals surface area contributed by atoms with Crippen molar-refractivity contribution in [1.29, 1.82) is 0 Å². The first-order valence-corrected chi connectivity index (χ1v) is 8.48. The second-order valence-electron chi connectivity index (χ2n) is 5.47. The van der Waals surface area contributed by atoms with E-state index in [-0.39, 0.29) is 5.92 Å². The van der Waals surface area contributed by atoms with Crippen molar-refractivity contribution in [2.45, 2.75) is 30.9 Å². The van der Waals surface area contributed by atoms with Gasteiger partial charge in [-0.3, -0.25) is 4.79 Å². The molecular formula is C16H21NO2S. The van der Waals surface area contributed by atoms with Crippen LogP contribution in [-0.4, -0.2) is 29.6 Å². The zero-order chi connectivity index (χ0) is 13.8. The molecule has 0 bridgehead atoms. The first-order valence-electron chi connectivity index (χ1n) is 7.43. The van der Waals surface area contributed by atoms with Gasteiger partial charge in [0.1, 0.15) is 5.76 Å². The number of amides is 1. The van der Waals surface area contributed by atoms with E-state index in [9.17, 15) is 4.79 Å². The second-order valence-corrected chi connectivity index (χ2v) is 6.78. The Morgan fingerprint density at radius 1 is 1.30 bits per heavy atom. The molecule has 1 fully saturated rings. The Bertz CT molecular complexity index is 469. The van der Waals surface area contributed by atoms with Crippen LogP contribution in [0.15, 0.2) is 35.0 Å². The number of nitrogens with zero attached hydrogens (tertiary/aromatic N) is 1. The Kier molecular flexibility index (Phi) is 4.51. The molecule has 1 aliphatic heterocycles. The zero-order valence-corrected chi connectivity index (χ0v) is 12.5. The van der Waals surface area contributed by atoms with Crippen molar-refractivity contribution in [1.82, 2.24) is 4.90 Å². The van der Waals surface area contributed by atoms with E-state index >= 15 is 0 Å². The van der Waals surface area contributed by atoms with Crippen LogP contribution in [0.5, 0.6) is 0 Å². The molecule has 2 heterocycles. The van der Waals surface area contributed by atoms with Crippen LogP contribution in [0.1, 0.15) is 36.7 Å². The molecule has 1 aliphatic carbocycles. The molecule has 0 aromatic carbocycles. The summed E-state index contributed by atoms with van der Waals surface area (Å²) in [5.74, 6) is 2.62. The topological polar surface area (TPSA) is 33.5 Å². The predicted molar refractivity (Wildman–Crippen MR) is 81.6 cm³/mol. The largest absolute Gasteiger partial charge is 0.468 e. The Hall–Kier alpha value is -1.16. The highest BCUT2D eigenvalue weighted by atomic mass is 32.2. The molecular weight excluding hydrogens is 270 g/mol. The molecule has 108 valence electrons. The fourth-order valence-corrected chi connectivity index (χ4v) is 4.15. The van der Waals surface area contributed by atoms with Crippen molar-refractivity contribution in [2.24, 2.45) is 5.92 Å². The molecule has 0 N–H and O–H groups in total. The number of carbonyl (C=O) groups excluding carboxylic acids is 1. The van der Waals surface area contributed by atoms with Crippen molar-refractivity contribution >= 4 is 17.7 Å². The Labute approximate surface area is 124 Å². The van der Waals surface area contributed by atoms with Crippen LogP contribution in [0.25, 0.3) is 0 Å². The Morgan fingerprint density at radius 3 is 3.00 bits per heavy atom. The van der Waals surface area contributed by atoms with Crippen LogP contribution in [0, 0.1) is 5.92 Å². The van der Waals surface area contributed by atoms with E-state index in [1.807, 2.05) is 23.9 Å². The fraction of sp³-hybridized carbons (Fsp3) is 0.562. The molecule has 2 atom stereocenters. The molecule has 1 amide bonds. The summed E-state index contributed by atoms with van der Waals surface area (Å²) in [5, 5.41) is 0.397. The maximum atomic E-state index is 12.6. The van der Waals surface area contributed by atoms with Crippen LogP contribution < -0.4 is 0 Å². The third-order valence-corrected chi connectivity index (χ3v) is 5.42. The quantitative estimate of drug-likeness (QED) is 0.780. The van der Waals surface area contributed by atoms with E-state index in [4.69, 9.17) is 4.42 Å². The minimum atomic E-state index is 0.213. The summed E-state index contributed by atoms with van der Waals surface area (Å²) < 4.78 is 5.51. The maximum absolute atomic E-state index is 12.6. The summed E-state index contributed by atoms with van der Waals surface area (Å²) in [6, 6.07) is 3.99. The molecule has 1 saturated heterocycles. The highest BCUT2D eigenvalue weighted by Crippen LogP contribution is 2.35. The monoisotopic (exact) mass is 291 g/mol. The summed E-state index contributed by atoms with van der Waals surface area (Å²) >= 11 is 1.91. The van der Waals surface area contributed by atoms with Crippen LogP contribution >= 0.6 is 11.8 Å². The van der Waals surface area contributed by atoms with Crippen molar-refractivity contribution in [3.63, 3.8) is 0 Å². The number of thioether (sulfide) groups is 1. The summed E-state index contributed by atoms with van der Waals surface area (Å²) in [5.41, 5.74) is 0. The van der Waals surface area contributed by atoms with E-state index in [0.29, 0.717) is 11.2 Å². The fourth-order valence-electron chi connectivity index (χ4n) is 2.97. The van der Waals surface area contributed by atoms with E-state index in [1.165, 1.54) is 0 Å². The normalized spacial score (nSPS) is 27.3. The van der Waals surface area contributed by atoms with E-state index < -0.39 is 0 Å². The molecule has 1 aromatic heterocycles. The third-order valence-electron chi connectivity index (χ3n) is 4.13. The summed E-state index contributed by atoms with van der Waals surface area (Å²) in [6.07, 6.45) is 10.1. The lowest BCUT2D eigenvalue weighted by Crippen LogP contribution is -2.38. The number of carbonyl (C=O) groups is 1. The predicted octanol–water partition coefficient (Wildman–Crippen LogP) is 3.64. The van der Waals surface area contributed by atoms with Gasteiger partial charge in [0.05, 0.1) is 11.5 Å². The molecule has 0 spiro atoms. The summed E-state index contributed by atoms with van der Waals surface area (Å²) in [6.45, 7) is 1.73. The SMILES string of the molecule is O=C(C1CC=CCC1)N1CCSC(c2ccco2)CC1. The van der Waals surface area contributed by atoms with Gasteiger partial charge >= 0.3 is 0 Å². The van der Waals surface area contributed by atoms with Crippen LogP contribution in [0.4, 0.5) is 0 Å². The van der Waals surface area contributed by atoms with Gasteiger partial charge in [-0.2, -0.15) is 0 Å². The number of hydrogen-bond donors (Lipinski definition) is 0. The van der Waals surface area contributed by atoms with Crippen molar-refractivity contribution in [3.05, 3.63) is 36.3 Å². The number of rotatable bonds is 2. The average molecular weight is 291 g/mol. The number of allylic oxidation sites excluding steroid dienone is 2. The standard InChI is InChI=1S/C16H21NO2S/c18-16(13-5-2-1-3-6-13)17-9-8-15(20-12-10-17)14-7-4-11-19-14/h1-2,4,7,11,13,15H,3,5-6,8-10,12H2. The Balaban J connectivity index is 1.59. The van der Waals surface area contributed by atoms with Gasteiger partial charge < -0.3 is 9.32 Å². The molecule has 20 heavy (non-hydrogen) atoms. The van der Waals surface area contributed by atoms with Gasteiger partial charge in [0, 0.05) is 24.8 Å². The van der Waals surface area contributed by atoms with Crippen molar-refractivity contribution in [3.8, 4) is 0 Å². The molecule has 4 heteroatoms. The molecule has 2 aliphatic rings. The molecule has 2 unspecified atom stereocenters. The van der Waals surface area contributed by atoms with Gasteiger partial charge in [0.2, 0.25) is 5.91 Å². The van der Waals surface area contributed by atoms with Crippen LogP contribution in [0.3, 0.4) is 0 Å². The smallest absolute Gasteiger partial charge is 0.226 e. The highest BCUT2D eigenvalue weighted by molar-refractivity contribution is 7.99.